The van der Waals surface area contributed by atoms with Gasteiger partial charge in [-0.3, -0.25) is 14.5 Å². The molecule has 1 fully saturated rings. The molecule has 1 aliphatic rings. The predicted molar refractivity (Wildman–Crippen MR) is 120 cm³/mol. The number of rotatable bonds is 4. The molecule has 30 heavy (non-hydrogen) atoms. The Morgan fingerprint density at radius 3 is 2.37 bits per heavy atom. The zero-order valence-corrected chi connectivity index (χ0v) is 18.0. The van der Waals surface area contributed by atoms with Gasteiger partial charge in [0.05, 0.1) is 11.4 Å². The molecule has 3 aromatic rings. The highest BCUT2D eigenvalue weighted by Gasteiger charge is 2.35. The highest BCUT2D eigenvalue weighted by atomic mass is 35.5. The number of benzene rings is 2. The number of thioether (sulfide) groups is 1. The summed E-state index contributed by atoms with van der Waals surface area (Å²) in [5, 5.41) is 9.86. The Bertz CT molecular complexity index is 1160. The van der Waals surface area contributed by atoms with Crippen molar-refractivity contribution in [1.82, 2.24) is 9.47 Å². The standard InChI is InChI=1S/C23H19ClN2O3S/c1-14-11-17(15(2)26(14)19-7-9-20(27)10-8-19)12-21-22(28)25(23(29)30-21)13-16-3-5-18(24)6-4-16/h3-12,27H,13H2,1-2H3/b21-12-. The van der Waals surface area contributed by atoms with Crippen LogP contribution < -0.4 is 0 Å². The van der Waals surface area contributed by atoms with E-state index in [-0.39, 0.29) is 23.4 Å². The van der Waals surface area contributed by atoms with E-state index >= 15 is 0 Å². The highest BCUT2D eigenvalue weighted by molar-refractivity contribution is 8.18. The van der Waals surface area contributed by atoms with Gasteiger partial charge in [-0.1, -0.05) is 23.7 Å². The molecular formula is C23H19ClN2O3S. The summed E-state index contributed by atoms with van der Waals surface area (Å²) in [6.07, 6.45) is 1.77. The van der Waals surface area contributed by atoms with E-state index in [9.17, 15) is 14.7 Å². The number of phenols is 1. The monoisotopic (exact) mass is 438 g/mol. The van der Waals surface area contributed by atoms with E-state index in [1.165, 1.54) is 4.90 Å². The van der Waals surface area contributed by atoms with Gasteiger partial charge in [0, 0.05) is 22.1 Å². The summed E-state index contributed by atoms with van der Waals surface area (Å²) in [5.41, 5.74) is 4.57. The van der Waals surface area contributed by atoms with Gasteiger partial charge in [-0.25, -0.2) is 0 Å². The quantitative estimate of drug-likeness (QED) is 0.531. The zero-order chi connectivity index (χ0) is 21.4. The number of carbonyl (C=O) groups is 2. The lowest BCUT2D eigenvalue weighted by Crippen LogP contribution is -2.27. The van der Waals surface area contributed by atoms with Gasteiger partial charge in [0.15, 0.2) is 0 Å². The van der Waals surface area contributed by atoms with Crippen molar-refractivity contribution >= 4 is 40.6 Å². The van der Waals surface area contributed by atoms with Crippen molar-refractivity contribution in [1.29, 1.82) is 0 Å². The van der Waals surface area contributed by atoms with Crippen molar-refractivity contribution in [3.8, 4) is 11.4 Å². The minimum Gasteiger partial charge on any atom is -0.508 e. The third kappa shape index (κ3) is 3.88. The number of imide groups is 1. The number of phenolic OH excluding ortho intramolecular Hbond substituents is 1. The Balaban J connectivity index is 1.61. The molecule has 0 atom stereocenters. The zero-order valence-electron chi connectivity index (χ0n) is 16.4. The average Bonchev–Trinajstić information content (AvgIpc) is 3.14. The third-order valence-corrected chi connectivity index (χ3v) is 6.15. The molecule has 0 spiro atoms. The molecule has 0 bridgehead atoms. The van der Waals surface area contributed by atoms with Gasteiger partial charge in [-0.2, -0.15) is 0 Å². The third-order valence-electron chi connectivity index (χ3n) is 4.99. The first-order valence-corrected chi connectivity index (χ1v) is 10.5. The van der Waals surface area contributed by atoms with Gasteiger partial charge >= 0.3 is 0 Å². The van der Waals surface area contributed by atoms with Crippen LogP contribution in [0, 0.1) is 13.8 Å². The second-order valence-corrected chi connectivity index (χ2v) is 8.50. The molecule has 7 heteroatoms. The van der Waals surface area contributed by atoms with Crippen LogP contribution in [-0.4, -0.2) is 25.7 Å². The topological polar surface area (TPSA) is 62.5 Å². The number of halogens is 1. The molecular weight excluding hydrogens is 420 g/mol. The van der Waals surface area contributed by atoms with Gasteiger partial charge in [0.2, 0.25) is 0 Å². The lowest BCUT2D eigenvalue weighted by atomic mass is 10.2. The molecule has 0 radical (unpaired) electrons. The molecule has 2 aromatic carbocycles. The lowest BCUT2D eigenvalue weighted by Gasteiger charge is -2.12. The number of amides is 2. The summed E-state index contributed by atoms with van der Waals surface area (Å²) in [6.45, 7) is 4.15. The van der Waals surface area contributed by atoms with Crippen molar-refractivity contribution < 1.29 is 14.7 Å². The van der Waals surface area contributed by atoms with E-state index in [0.29, 0.717) is 9.93 Å². The number of hydrogen-bond acceptors (Lipinski definition) is 4. The maximum atomic E-state index is 12.9. The van der Waals surface area contributed by atoms with E-state index in [0.717, 1.165) is 40.0 Å². The fourth-order valence-corrected chi connectivity index (χ4v) is 4.44. The summed E-state index contributed by atoms with van der Waals surface area (Å²) >= 11 is 6.86. The molecule has 152 valence electrons. The Labute approximate surface area is 183 Å². The van der Waals surface area contributed by atoms with Crippen molar-refractivity contribution in [3.63, 3.8) is 0 Å². The van der Waals surface area contributed by atoms with E-state index in [1.54, 1.807) is 42.5 Å². The van der Waals surface area contributed by atoms with E-state index in [2.05, 4.69) is 0 Å². The Morgan fingerprint density at radius 2 is 1.70 bits per heavy atom. The smallest absolute Gasteiger partial charge is 0.293 e. The van der Waals surface area contributed by atoms with E-state index < -0.39 is 0 Å². The number of carbonyl (C=O) groups excluding carboxylic acids is 2. The van der Waals surface area contributed by atoms with Crippen molar-refractivity contribution in [3.05, 3.63) is 87.0 Å². The average molecular weight is 439 g/mol. The molecule has 0 unspecified atom stereocenters. The summed E-state index contributed by atoms with van der Waals surface area (Å²) in [5.74, 6) is -0.0924. The van der Waals surface area contributed by atoms with Gasteiger partial charge < -0.3 is 9.67 Å². The Kier molecular flexibility index (Phi) is 5.45. The van der Waals surface area contributed by atoms with Crippen molar-refractivity contribution in [2.45, 2.75) is 20.4 Å². The molecule has 4 rings (SSSR count). The highest BCUT2D eigenvalue weighted by Crippen LogP contribution is 2.34. The lowest BCUT2D eigenvalue weighted by molar-refractivity contribution is -0.123. The molecule has 2 heterocycles. The van der Waals surface area contributed by atoms with Crippen molar-refractivity contribution in [2.24, 2.45) is 0 Å². The minimum atomic E-state index is -0.297. The summed E-state index contributed by atoms with van der Waals surface area (Å²) < 4.78 is 2.04. The molecule has 5 nitrogen and oxygen atoms in total. The fraction of sp³-hybridized carbons (Fsp3) is 0.130. The van der Waals surface area contributed by atoms with Crippen LogP contribution in [0.3, 0.4) is 0 Å². The first-order chi connectivity index (χ1) is 14.3. The molecule has 1 saturated heterocycles. The molecule has 2 amide bonds. The molecule has 1 aliphatic heterocycles. The molecule has 1 aromatic heterocycles. The number of hydrogen-bond donors (Lipinski definition) is 1. The number of aromatic nitrogens is 1. The first kappa shape index (κ1) is 20.3. The maximum Gasteiger partial charge on any atom is 0.293 e. The largest absolute Gasteiger partial charge is 0.508 e. The van der Waals surface area contributed by atoms with Gasteiger partial charge in [-0.15, -0.1) is 0 Å². The van der Waals surface area contributed by atoms with Gasteiger partial charge in [0.25, 0.3) is 11.1 Å². The second-order valence-electron chi connectivity index (χ2n) is 7.07. The summed E-state index contributed by atoms with van der Waals surface area (Å²) in [4.78, 5) is 26.9. The molecule has 0 saturated carbocycles. The normalized spacial score (nSPS) is 15.4. The maximum absolute atomic E-state index is 12.9. The Hall–Kier alpha value is -2.96. The van der Waals surface area contributed by atoms with Crippen LogP contribution in [0.5, 0.6) is 5.75 Å². The van der Waals surface area contributed by atoms with Gasteiger partial charge in [0.1, 0.15) is 5.75 Å². The number of aryl methyl sites for hydroxylation is 1. The Morgan fingerprint density at radius 1 is 1.03 bits per heavy atom. The fourth-order valence-electron chi connectivity index (χ4n) is 3.48. The van der Waals surface area contributed by atoms with Crippen LogP contribution >= 0.6 is 23.4 Å². The van der Waals surface area contributed by atoms with Crippen LogP contribution in [0.1, 0.15) is 22.5 Å². The van der Waals surface area contributed by atoms with Gasteiger partial charge in [-0.05, 0) is 85.3 Å². The number of aromatic hydroxyl groups is 1. The predicted octanol–water partition coefficient (Wildman–Crippen LogP) is 5.69. The summed E-state index contributed by atoms with van der Waals surface area (Å²) in [6, 6.07) is 16.0. The number of nitrogens with zero attached hydrogens (tertiary/aromatic N) is 2. The van der Waals surface area contributed by atoms with Crippen LogP contribution in [0.4, 0.5) is 4.79 Å². The molecule has 1 N–H and O–H groups in total. The minimum absolute atomic E-state index is 0.204. The van der Waals surface area contributed by atoms with Crippen molar-refractivity contribution in [2.75, 3.05) is 0 Å². The van der Waals surface area contributed by atoms with Crippen LogP contribution in [0.2, 0.25) is 5.02 Å². The van der Waals surface area contributed by atoms with Crippen LogP contribution in [0.15, 0.2) is 59.5 Å². The summed E-state index contributed by atoms with van der Waals surface area (Å²) in [7, 11) is 0. The van der Waals surface area contributed by atoms with E-state index in [4.69, 9.17) is 11.6 Å². The molecule has 0 aliphatic carbocycles. The SMILES string of the molecule is Cc1cc(/C=C2\SC(=O)N(Cc3ccc(Cl)cc3)C2=O)c(C)n1-c1ccc(O)cc1. The second kappa shape index (κ2) is 8.05. The van der Waals surface area contributed by atoms with E-state index in [1.807, 2.05) is 36.6 Å². The van der Waals surface area contributed by atoms with Crippen LogP contribution in [-0.2, 0) is 11.3 Å². The first-order valence-electron chi connectivity index (χ1n) is 9.31. The van der Waals surface area contributed by atoms with Crippen LogP contribution in [0.25, 0.3) is 11.8 Å².